The highest BCUT2D eigenvalue weighted by Crippen LogP contribution is 2.33. The number of carbonyl (C=O) groups excluding carboxylic acids is 1. The fourth-order valence-corrected chi connectivity index (χ4v) is 5.33. The summed E-state index contributed by atoms with van der Waals surface area (Å²) in [6, 6.07) is 14.4. The van der Waals surface area contributed by atoms with Crippen LogP contribution in [0, 0.1) is 18.3 Å². The minimum Gasteiger partial charge on any atom is -0.365 e. The van der Waals surface area contributed by atoms with Crippen molar-refractivity contribution < 1.29 is 9.18 Å². The van der Waals surface area contributed by atoms with E-state index in [4.69, 9.17) is 0 Å². The molecule has 1 amide bonds. The lowest BCUT2D eigenvalue weighted by Gasteiger charge is -2.43. The Kier molecular flexibility index (Phi) is 7.49. The number of hydrogen-bond acceptors (Lipinski definition) is 5. The van der Waals surface area contributed by atoms with Crippen molar-refractivity contribution in [2.45, 2.75) is 25.8 Å². The number of fused-ring (bicyclic) bond motifs is 1. The number of hydrogen-bond donors (Lipinski definition) is 0. The average Bonchev–Trinajstić information content (AvgIpc) is 2.89. The van der Waals surface area contributed by atoms with Crippen LogP contribution in [0.5, 0.6) is 0 Å². The van der Waals surface area contributed by atoms with Gasteiger partial charge in [0.25, 0.3) is 5.91 Å². The Morgan fingerprint density at radius 3 is 2.64 bits per heavy atom. The van der Waals surface area contributed by atoms with Gasteiger partial charge in [0.05, 0.1) is 30.8 Å². The first-order chi connectivity index (χ1) is 17.4. The van der Waals surface area contributed by atoms with Crippen molar-refractivity contribution in [2.24, 2.45) is 9.98 Å². The molecule has 2 heterocycles. The van der Waals surface area contributed by atoms with Crippen LogP contribution >= 0.6 is 0 Å². The van der Waals surface area contributed by atoms with E-state index >= 15 is 0 Å². The minimum atomic E-state index is -1.01. The van der Waals surface area contributed by atoms with Gasteiger partial charge >= 0.3 is 0 Å². The maximum Gasteiger partial charge on any atom is 0.282 e. The molecule has 186 valence electrons. The van der Waals surface area contributed by atoms with Gasteiger partial charge in [-0.15, -0.1) is 0 Å². The Morgan fingerprint density at radius 2 is 1.97 bits per heavy atom. The van der Waals surface area contributed by atoms with Gasteiger partial charge in [-0.05, 0) is 37.1 Å². The molecule has 2 aliphatic rings. The molecule has 0 saturated carbocycles. The number of rotatable bonds is 5. The number of piperazine rings is 1. The third-order valence-electron chi connectivity index (χ3n) is 7.03. The molecule has 0 spiro atoms. The fraction of sp³-hybridized carbons (Fsp3) is 0.357. The van der Waals surface area contributed by atoms with Crippen LogP contribution in [0.2, 0.25) is 0 Å². The summed E-state index contributed by atoms with van der Waals surface area (Å²) in [6.45, 7) is 11.7. The summed E-state index contributed by atoms with van der Waals surface area (Å²) >= 11 is 0. The second kappa shape index (κ2) is 10.7. The van der Waals surface area contributed by atoms with Gasteiger partial charge in [-0.3, -0.25) is 14.8 Å². The number of aliphatic imine (C=N–C) groups is 2. The van der Waals surface area contributed by atoms with Crippen LogP contribution in [0.3, 0.4) is 0 Å². The maximum atomic E-state index is 13.6. The lowest BCUT2D eigenvalue weighted by Crippen LogP contribution is -2.57. The number of amides is 1. The molecular weight excluding hydrogens is 455 g/mol. The Balaban J connectivity index is 1.61. The number of benzene rings is 2. The topological polar surface area (TPSA) is 75.3 Å². The van der Waals surface area contributed by atoms with Gasteiger partial charge in [-0.25, -0.2) is 4.39 Å². The molecule has 1 atom stereocenters. The smallest absolute Gasteiger partial charge is 0.282 e. The predicted octanol–water partition coefficient (Wildman–Crippen LogP) is 4.25. The normalized spacial score (nSPS) is 18.9. The first-order valence-electron chi connectivity index (χ1n) is 12.1. The summed E-state index contributed by atoms with van der Waals surface area (Å²) in [4.78, 5) is 27.1. The van der Waals surface area contributed by atoms with Gasteiger partial charge in [-0.2, -0.15) is 5.26 Å². The van der Waals surface area contributed by atoms with Crippen molar-refractivity contribution in [1.82, 2.24) is 9.80 Å². The van der Waals surface area contributed by atoms with Crippen LogP contribution in [-0.4, -0.2) is 74.1 Å². The highest BCUT2D eigenvalue weighted by Gasteiger charge is 2.34. The zero-order valence-electron chi connectivity index (χ0n) is 20.9. The first kappa shape index (κ1) is 25.1. The van der Waals surface area contributed by atoms with Crippen molar-refractivity contribution in [3.63, 3.8) is 0 Å². The Bertz CT molecular complexity index is 1300. The van der Waals surface area contributed by atoms with Gasteiger partial charge in [0.2, 0.25) is 0 Å². The van der Waals surface area contributed by atoms with E-state index in [0.717, 1.165) is 30.1 Å². The Hall–Kier alpha value is -3.99. The second-order valence-corrected chi connectivity index (χ2v) is 9.12. The SMILES string of the molecule is C=NC1=C(C(=NC)N2CCN(C(=O)C(=C)F)C(CC#N)C2)CCN(c2cccc3cccc(C)c23)C1. The number of carbonyl (C=O) groups is 1. The molecule has 1 saturated heterocycles. The van der Waals surface area contributed by atoms with E-state index in [1.54, 1.807) is 7.05 Å². The van der Waals surface area contributed by atoms with Crippen molar-refractivity contribution in [1.29, 1.82) is 5.26 Å². The zero-order chi connectivity index (χ0) is 25.8. The van der Waals surface area contributed by atoms with Gasteiger partial charge in [0.1, 0.15) is 5.84 Å². The zero-order valence-corrected chi connectivity index (χ0v) is 20.9. The molecule has 0 N–H and O–H groups in total. The van der Waals surface area contributed by atoms with Crippen LogP contribution in [0.1, 0.15) is 18.4 Å². The number of aryl methyl sites for hydroxylation is 1. The Labute approximate surface area is 211 Å². The molecule has 1 fully saturated rings. The van der Waals surface area contributed by atoms with Crippen molar-refractivity contribution in [3.05, 3.63) is 65.6 Å². The summed E-state index contributed by atoms with van der Waals surface area (Å²) in [6.07, 6.45) is 0.832. The lowest BCUT2D eigenvalue weighted by atomic mass is 9.98. The van der Waals surface area contributed by atoms with E-state index in [1.807, 2.05) is 0 Å². The van der Waals surface area contributed by atoms with Crippen molar-refractivity contribution in [3.8, 4) is 6.07 Å². The molecular formula is C28H31FN6O. The number of anilines is 1. The molecule has 4 rings (SSSR count). The van der Waals surface area contributed by atoms with E-state index in [2.05, 4.69) is 82.5 Å². The summed E-state index contributed by atoms with van der Waals surface area (Å²) < 4.78 is 13.6. The van der Waals surface area contributed by atoms with Crippen molar-refractivity contribution >= 4 is 34.9 Å². The molecule has 1 unspecified atom stereocenters. The van der Waals surface area contributed by atoms with Crippen LogP contribution in [0.25, 0.3) is 10.8 Å². The highest BCUT2D eigenvalue weighted by atomic mass is 19.1. The number of nitriles is 1. The standard InChI is InChI=1S/C28H31FN6O/c1-19-7-5-8-21-9-6-10-25(26(19)21)33-14-12-23(24(18-33)31-3)27(32-4)34-15-16-35(28(36)20(2)29)22(17-34)11-13-30/h5-10,22H,2-3,11-12,14-18H2,1,4H3. The first-order valence-corrected chi connectivity index (χ1v) is 12.1. The molecule has 7 nitrogen and oxygen atoms in total. The second-order valence-electron chi connectivity index (χ2n) is 9.12. The molecule has 8 heteroatoms. The third kappa shape index (κ3) is 4.74. The molecule has 0 aromatic heterocycles. The maximum absolute atomic E-state index is 13.6. The van der Waals surface area contributed by atoms with Crippen LogP contribution < -0.4 is 4.90 Å². The summed E-state index contributed by atoms with van der Waals surface area (Å²) in [5.41, 5.74) is 4.29. The average molecular weight is 487 g/mol. The summed E-state index contributed by atoms with van der Waals surface area (Å²) in [5, 5.41) is 11.8. The fourth-order valence-electron chi connectivity index (χ4n) is 5.33. The molecule has 0 bridgehead atoms. The van der Waals surface area contributed by atoms with Gasteiger partial charge < -0.3 is 14.7 Å². The largest absolute Gasteiger partial charge is 0.365 e. The summed E-state index contributed by atoms with van der Waals surface area (Å²) in [7, 11) is 1.74. The highest BCUT2D eigenvalue weighted by molar-refractivity contribution is 6.01. The van der Waals surface area contributed by atoms with Crippen LogP contribution in [0.15, 0.2) is 70.1 Å². The molecule has 2 aromatic rings. The van der Waals surface area contributed by atoms with Crippen LogP contribution in [-0.2, 0) is 4.79 Å². The summed E-state index contributed by atoms with van der Waals surface area (Å²) in [5.74, 6) is -0.968. The van der Waals surface area contributed by atoms with Crippen LogP contribution in [0.4, 0.5) is 10.1 Å². The Morgan fingerprint density at radius 1 is 1.22 bits per heavy atom. The van der Waals surface area contributed by atoms with E-state index < -0.39 is 17.8 Å². The van der Waals surface area contributed by atoms with Gasteiger partial charge in [0, 0.05) is 49.9 Å². The quantitative estimate of drug-likeness (QED) is 0.360. The number of halogens is 1. The van der Waals surface area contributed by atoms with E-state index in [9.17, 15) is 14.4 Å². The molecule has 2 aromatic carbocycles. The predicted molar refractivity (Wildman–Crippen MR) is 143 cm³/mol. The molecule has 0 radical (unpaired) electrons. The monoisotopic (exact) mass is 486 g/mol. The van der Waals surface area contributed by atoms with E-state index in [0.29, 0.717) is 26.2 Å². The third-order valence-corrected chi connectivity index (χ3v) is 7.03. The lowest BCUT2D eigenvalue weighted by molar-refractivity contribution is -0.132. The molecule has 2 aliphatic heterocycles. The van der Waals surface area contributed by atoms with Crippen molar-refractivity contribution in [2.75, 3.05) is 44.7 Å². The van der Waals surface area contributed by atoms with Gasteiger partial charge in [-0.1, -0.05) is 36.9 Å². The van der Waals surface area contributed by atoms with Gasteiger partial charge in [0.15, 0.2) is 5.83 Å². The molecule has 0 aliphatic carbocycles. The minimum absolute atomic E-state index is 0.104. The number of amidine groups is 1. The molecule has 36 heavy (non-hydrogen) atoms. The van der Waals surface area contributed by atoms with E-state index in [-0.39, 0.29) is 6.42 Å². The van der Waals surface area contributed by atoms with E-state index in [1.165, 1.54) is 26.9 Å². The number of nitrogens with zero attached hydrogens (tertiary/aromatic N) is 6.